The molecule has 0 saturated carbocycles. The molecule has 0 radical (unpaired) electrons. The standard InChI is InChI=1S/C21H25N5O2/c1-3-28-19-6-4-16(5-7-19)15-25-8-10-26(11-9-25)21(27)18-12-17-14-23-24(2)20(17)22-13-18/h4-7,12-14H,3,8-11,15H2,1-2H3. The van der Waals surface area contributed by atoms with Gasteiger partial charge in [-0.3, -0.25) is 14.4 Å². The van der Waals surface area contributed by atoms with Crippen LogP contribution in [-0.2, 0) is 13.6 Å². The third-order valence-electron chi connectivity index (χ3n) is 5.12. The summed E-state index contributed by atoms with van der Waals surface area (Å²) < 4.78 is 7.20. The summed E-state index contributed by atoms with van der Waals surface area (Å²) in [5.41, 5.74) is 2.67. The van der Waals surface area contributed by atoms with E-state index in [1.807, 2.05) is 37.1 Å². The van der Waals surface area contributed by atoms with Gasteiger partial charge in [0.2, 0.25) is 0 Å². The summed E-state index contributed by atoms with van der Waals surface area (Å²) in [6.07, 6.45) is 3.40. The van der Waals surface area contributed by atoms with Gasteiger partial charge in [0.15, 0.2) is 5.65 Å². The molecule has 0 aliphatic carbocycles. The van der Waals surface area contributed by atoms with Crippen molar-refractivity contribution in [3.8, 4) is 5.75 Å². The van der Waals surface area contributed by atoms with Gasteiger partial charge in [-0.05, 0) is 30.7 Å². The fraction of sp³-hybridized carbons (Fsp3) is 0.381. The average molecular weight is 379 g/mol. The van der Waals surface area contributed by atoms with E-state index in [1.165, 1.54) is 5.56 Å². The molecule has 1 amide bonds. The monoisotopic (exact) mass is 379 g/mol. The molecule has 0 spiro atoms. The zero-order valence-electron chi connectivity index (χ0n) is 16.3. The Morgan fingerprint density at radius 2 is 1.86 bits per heavy atom. The quantitative estimate of drug-likeness (QED) is 0.681. The Bertz CT molecular complexity index is 959. The highest BCUT2D eigenvalue weighted by molar-refractivity contribution is 5.96. The van der Waals surface area contributed by atoms with E-state index in [0.29, 0.717) is 12.2 Å². The van der Waals surface area contributed by atoms with E-state index >= 15 is 0 Å². The largest absolute Gasteiger partial charge is 0.494 e. The molecule has 1 aromatic carbocycles. The predicted octanol–water partition coefficient (Wildman–Crippen LogP) is 2.33. The van der Waals surface area contributed by atoms with Gasteiger partial charge in [-0.1, -0.05) is 12.1 Å². The first-order valence-electron chi connectivity index (χ1n) is 9.65. The van der Waals surface area contributed by atoms with E-state index in [4.69, 9.17) is 4.74 Å². The van der Waals surface area contributed by atoms with Crippen molar-refractivity contribution in [1.82, 2.24) is 24.6 Å². The Morgan fingerprint density at radius 3 is 2.57 bits per heavy atom. The molecule has 0 N–H and O–H groups in total. The molecule has 1 aliphatic heterocycles. The third-order valence-corrected chi connectivity index (χ3v) is 5.12. The fourth-order valence-corrected chi connectivity index (χ4v) is 3.57. The Morgan fingerprint density at radius 1 is 1.11 bits per heavy atom. The number of carbonyl (C=O) groups excluding carboxylic acids is 1. The molecule has 1 fully saturated rings. The van der Waals surface area contributed by atoms with Crippen molar-refractivity contribution in [2.24, 2.45) is 7.05 Å². The van der Waals surface area contributed by atoms with Gasteiger partial charge in [0.25, 0.3) is 5.91 Å². The number of amides is 1. The number of ether oxygens (including phenoxy) is 1. The lowest BCUT2D eigenvalue weighted by Crippen LogP contribution is -2.48. The van der Waals surface area contributed by atoms with E-state index in [9.17, 15) is 4.79 Å². The molecule has 146 valence electrons. The van der Waals surface area contributed by atoms with Crippen molar-refractivity contribution in [3.05, 3.63) is 53.9 Å². The Labute approximate surface area is 164 Å². The summed E-state index contributed by atoms with van der Waals surface area (Å²) in [5.74, 6) is 0.944. The van der Waals surface area contributed by atoms with Gasteiger partial charge in [0, 0.05) is 51.4 Å². The SMILES string of the molecule is CCOc1ccc(CN2CCN(C(=O)c3cnc4c(cnn4C)c3)CC2)cc1. The Kier molecular flexibility index (Phi) is 5.25. The van der Waals surface area contributed by atoms with E-state index < -0.39 is 0 Å². The minimum Gasteiger partial charge on any atom is -0.494 e. The minimum absolute atomic E-state index is 0.0407. The van der Waals surface area contributed by atoms with Crippen LogP contribution in [0.4, 0.5) is 0 Å². The third kappa shape index (κ3) is 3.84. The summed E-state index contributed by atoms with van der Waals surface area (Å²) in [5, 5.41) is 5.08. The molecule has 0 bridgehead atoms. The average Bonchev–Trinajstić information content (AvgIpc) is 3.10. The van der Waals surface area contributed by atoms with Crippen LogP contribution in [0.3, 0.4) is 0 Å². The Hall–Kier alpha value is -2.93. The first-order chi connectivity index (χ1) is 13.6. The van der Waals surface area contributed by atoms with Crippen LogP contribution in [0.5, 0.6) is 5.75 Å². The molecule has 7 heteroatoms. The van der Waals surface area contributed by atoms with Gasteiger partial charge in [-0.15, -0.1) is 0 Å². The van der Waals surface area contributed by atoms with Crippen LogP contribution in [0.2, 0.25) is 0 Å². The molecule has 0 unspecified atom stereocenters. The molecular formula is C21H25N5O2. The second-order valence-electron chi connectivity index (χ2n) is 7.05. The van der Waals surface area contributed by atoms with Crippen LogP contribution < -0.4 is 4.74 Å². The number of pyridine rings is 1. The van der Waals surface area contributed by atoms with Gasteiger partial charge >= 0.3 is 0 Å². The van der Waals surface area contributed by atoms with Crippen molar-refractivity contribution < 1.29 is 9.53 Å². The van der Waals surface area contributed by atoms with Gasteiger partial charge in [0.05, 0.1) is 18.4 Å². The highest BCUT2D eigenvalue weighted by atomic mass is 16.5. The molecule has 3 aromatic rings. The van der Waals surface area contributed by atoms with E-state index in [2.05, 4.69) is 27.1 Å². The maximum absolute atomic E-state index is 12.8. The second kappa shape index (κ2) is 7.98. The van der Waals surface area contributed by atoms with E-state index in [-0.39, 0.29) is 5.91 Å². The number of nitrogens with zero attached hydrogens (tertiary/aromatic N) is 5. The van der Waals surface area contributed by atoms with E-state index in [0.717, 1.165) is 49.5 Å². The maximum atomic E-state index is 12.8. The summed E-state index contributed by atoms with van der Waals surface area (Å²) in [6.45, 7) is 6.72. The van der Waals surface area contributed by atoms with Crippen LogP contribution in [0, 0.1) is 0 Å². The van der Waals surface area contributed by atoms with Crippen molar-refractivity contribution in [1.29, 1.82) is 0 Å². The first-order valence-corrected chi connectivity index (χ1v) is 9.65. The first kappa shape index (κ1) is 18.4. The minimum atomic E-state index is 0.0407. The normalized spacial score (nSPS) is 15.1. The summed E-state index contributed by atoms with van der Waals surface area (Å²) in [4.78, 5) is 21.5. The molecule has 1 aliphatic rings. The van der Waals surface area contributed by atoms with Gasteiger partial charge in [-0.2, -0.15) is 5.10 Å². The van der Waals surface area contributed by atoms with Gasteiger partial charge in [-0.25, -0.2) is 4.98 Å². The van der Waals surface area contributed by atoms with Crippen molar-refractivity contribution in [2.75, 3.05) is 32.8 Å². The summed E-state index contributed by atoms with van der Waals surface area (Å²) in [7, 11) is 1.85. The van der Waals surface area contributed by atoms with Crippen LogP contribution >= 0.6 is 0 Å². The van der Waals surface area contributed by atoms with E-state index in [1.54, 1.807) is 17.1 Å². The number of piperazine rings is 1. The zero-order valence-corrected chi connectivity index (χ0v) is 16.3. The molecular weight excluding hydrogens is 354 g/mol. The highest BCUT2D eigenvalue weighted by Crippen LogP contribution is 2.17. The molecule has 2 aromatic heterocycles. The van der Waals surface area contributed by atoms with Crippen LogP contribution in [-0.4, -0.2) is 63.3 Å². The number of rotatable bonds is 5. The van der Waals surface area contributed by atoms with Crippen LogP contribution in [0.25, 0.3) is 11.0 Å². The molecule has 28 heavy (non-hydrogen) atoms. The predicted molar refractivity (Wildman–Crippen MR) is 107 cm³/mol. The van der Waals surface area contributed by atoms with Crippen LogP contribution in [0.15, 0.2) is 42.7 Å². The number of fused-ring (bicyclic) bond motifs is 1. The topological polar surface area (TPSA) is 63.5 Å². The molecule has 1 saturated heterocycles. The number of hydrogen-bond acceptors (Lipinski definition) is 5. The molecule has 7 nitrogen and oxygen atoms in total. The lowest BCUT2D eigenvalue weighted by atomic mass is 10.1. The molecule has 0 atom stereocenters. The van der Waals surface area contributed by atoms with Crippen molar-refractivity contribution >= 4 is 16.9 Å². The second-order valence-corrected chi connectivity index (χ2v) is 7.05. The van der Waals surface area contributed by atoms with Crippen molar-refractivity contribution in [3.63, 3.8) is 0 Å². The Balaban J connectivity index is 1.34. The van der Waals surface area contributed by atoms with Gasteiger partial charge in [0.1, 0.15) is 5.75 Å². The summed E-state index contributed by atoms with van der Waals surface area (Å²) >= 11 is 0. The lowest BCUT2D eigenvalue weighted by molar-refractivity contribution is 0.0628. The molecule has 3 heterocycles. The zero-order chi connectivity index (χ0) is 19.5. The highest BCUT2D eigenvalue weighted by Gasteiger charge is 2.23. The number of hydrogen-bond donors (Lipinski definition) is 0. The number of aryl methyl sites for hydroxylation is 1. The molecule has 4 rings (SSSR count). The summed E-state index contributed by atoms with van der Waals surface area (Å²) in [6, 6.07) is 10.1. The number of aromatic nitrogens is 3. The van der Waals surface area contributed by atoms with Crippen molar-refractivity contribution in [2.45, 2.75) is 13.5 Å². The smallest absolute Gasteiger partial charge is 0.255 e. The fourth-order valence-electron chi connectivity index (χ4n) is 3.57. The maximum Gasteiger partial charge on any atom is 0.255 e. The number of benzene rings is 1. The van der Waals surface area contributed by atoms with Gasteiger partial charge < -0.3 is 9.64 Å². The van der Waals surface area contributed by atoms with Crippen LogP contribution in [0.1, 0.15) is 22.8 Å². The lowest BCUT2D eigenvalue weighted by Gasteiger charge is -2.34. The number of carbonyl (C=O) groups is 1.